The van der Waals surface area contributed by atoms with Crippen LogP contribution in [0.25, 0.3) is 0 Å². The molecule has 38 heavy (non-hydrogen) atoms. The van der Waals surface area contributed by atoms with E-state index in [4.69, 9.17) is 24.5 Å². The Hall–Kier alpha value is -2.94. The highest BCUT2D eigenvalue weighted by molar-refractivity contribution is 5.81. The summed E-state index contributed by atoms with van der Waals surface area (Å²) in [5.41, 5.74) is 1.20. The van der Waals surface area contributed by atoms with E-state index >= 15 is 0 Å². The fourth-order valence-corrected chi connectivity index (χ4v) is 4.20. The molecule has 2 aliphatic heterocycles. The Balaban J connectivity index is 0.000000301. The van der Waals surface area contributed by atoms with Crippen molar-refractivity contribution in [1.82, 2.24) is 15.2 Å². The van der Waals surface area contributed by atoms with Gasteiger partial charge in [-0.3, -0.25) is 14.7 Å². The number of hydrogen-bond acceptors (Lipinski definition) is 6. The molecular weight excluding hydrogens is 528 g/mol. The number of halogens is 6. The van der Waals surface area contributed by atoms with Crippen LogP contribution in [0.5, 0.6) is 0 Å². The van der Waals surface area contributed by atoms with Crippen molar-refractivity contribution < 1.29 is 55.7 Å². The quantitative estimate of drug-likeness (QED) is 0.472. The van der Waals surface area contributed by atoms with Gasteiger partial charge >= 0.3 is 24.3 Å². The van der Waals surface area contributed by atoms with Crippen molar-refractivity contribution in [3.8, 4) is 0 Å². The third kappa shape index (κ3) is 10.1. The van der Waals surface area contributed by atoms with E-state index in [1.165, 1.54) is 37.8 Å². The number of amides is 1. The van der Waals surface area contributed by atoms with Crippen molar-refractivity contribution in [3.05, 3.63) is 30.1 Å². The van der Waals surface area contributed by atoms with E-state index in [9.17, 15) is 31.1 Å². The van der Waals surface area contributed by atoms with E-state index in [-0.39, 0.29) is 18.1 Å². The average Bonchev–Trinajstić information content (AvgIpc) is 3.22. The Kier molecular flexibility index (Phi) is 11.3. The van der Waals surface area contributed by atoms with Crippen LogP contribution in [0.3, 0.4) is 0 Å². The lowest BCUT2D eigenvalue weighted by atomic mass is 9.86. The SMILES string of the molecule is O=C(NCCc1ccncc1)[C@@H]1C[C@@H]2CCN(C3CCC3)C[C@@H]2O1.O=C(O)C(F)(F)F.O=C(O)C(F)(F)F. The number of hydrogen-bond donors (Lipinski definition) is 3. The third-order valence-electron chi connectivity index (χ3n) is 6.41. The molecule has 1 aromatic rings. The van der Waals surface area contributed by atoms with Gasteiger partial charge in [0, 0.05) is 31.5 Å². The second kappa shape index (κ2) is 13.7. The van der Waals surface area contributed by atoms with Gasteiger partial charge in [0.25, 0.3) is 0 Å². The van der Waals surface area contributed by atoms with Gasteiger partial charge in [0.1, 0.15) is 6.10 Å². The molecule has 3 heterocycles. The number of carbonyl (C=O) groups excluding carboxylic acids is 1. The van der Waals surface area contributed by atoms with Crippen LogP contribution in [0.1, 0.15) is 37.7 Å². The zero-order valence-electron chi connectivity index (χ0n) is 20.2. The number of likely N-dealkylation sites (tertiary alicyclic amines) is 1. The number of rotatable bonds is 5. The predicted molar refractivity (Wildman–Crippen MR) is 119 cm³/mol. The molecule has 2 saturated heterocycles. The van der Waals surface area contributed by atoms with Gasteiger partial charge in [0.05, 0.1) is 6.10 Å². The van der Waals surface area contributed by atoms with Gasteiger partial charge in [-0.05, 0) is 62.3 Å². The van der Waals surface area contributed by atoms with Crippen LogP contribution in [0, 0.1) is 5.92 Å². The molecule has 214 valence electrons. The van der Waals surface area contributed by atoms with Crippen molar-refractivity contribution in [2.24, 2.45) is 5.92 Å². The van der Waals surface area contributed by atoms with Crippen molar-refractivity contribution in [2.75, 3.05) is 19.6 Å². The molecule has 0 unspecified atom stereocenters. The van der Waals surface area contributed by atoms with Gasteiger partial charge in [0.2, 0.25) is 5.91 Å². The number of carboxylic acids is 2. The molecule has 0 radical (unpaired) electrons. The van der Waals surface area contributed by atoms with Crippen LogP contribution in [0.4, 0.5) is 26.3 Å². The fourth-order valence-electron chi connectivity index (χ4n) is 4.20. The summed E-state index contributed by atoms with van der Waals surface area (Å²) in [4.78, 5) is 36.8. The number of nitrogens with zero attached hydrogens (tertiary/aromatic N) is 2. The maximum atomic E-state index is 12.4. The zero-order chi connectivity index (χ0) is 28.5. The van der Waals surface area contributed by atoms with Crippen LogP contribution in [-0.2, 0) is 25.5 Å². The summed E-state index contributed by atoms with van der Waals surface area (Å²) in [6, 6.07) is 4.76. The van der Waals surface area contributed by atoms with E-state index in [0.29, 0.717) is 12.5 Å². The standard InChI is InChI=1S/C19H27N3O2.2C2HF3O2/c23-19(21-10-6-14-4-8-20-9-5-14)17-12-15-7-11-22(13-18(15)24-17)16-2-1-3-16;2*3-2(4,5)1(6)7/h4-5,8-9,15-18H,1-3,6-7,10-13H2,(H,21,23);2*(H,6,7)/t15-,17-,18-;;/m0../s1. The summed E-state index contributed by atoms with van der Waals surface area (Å²) in [6.45, 7) is 2.87. The summed E-state index contributed by atoms with van der Waals surface area (Å²) in [5, 5.41) is 17.3. The summed E-state index contributed by atoms with van der Waals surface area (Å²) in [7, 11) is 0. The molecule has 0 bridgehead atoms. The first-order valence-corrected chi connectivity index (χ1v) is 11.8. The maximum absolute atomic E-state index is 12.4. The van der Waals surface area contributed by atoms with Gasteiger partial charge in [-0.2, -0.15) is 26.3 Å². The largest absolute Gasteiger partial charge is 0.490 e. The molecule has 9 nitrogen and oxygen atoms in total. The molecule has 4 rings (SSSR count). The van der Waals surface area contributed by atoms with Crippen LogP contribution < -0.4 is 5.32 Å². The molecule has 0 spiro atoms. The van der Waals surface area contributed by atoms with Crippen molar-refractivity contribution in [2.45, 2.75) is 69.1 Å². The number of fused-ring (bicyclic) bond motifs is 1. The predicted octanol–water partition coefficient (Wildman–Crippen LogP) is 3.04. The highest BCUT2D eigenvalue weighted by atomic mass is 19.4. The summed E-state index contributed by atoms with van der Waals surface area (Å²) in [5.74, 6) is -4.88. The highest BCUT2D eigenvalue weighted by Crippen LogP contribution is 2.36. The highest BCUT2D eigenvalue weighted by Gasteiger charge is 2.43. The molecule has 1 saturated carbocycles. The van der Waals surface area contributed by atoms with Crippen LogP contribution in [0.2, 0.25) is 0 Å². The molecule has 3 N–H and O–H groups in total. The van der Waals surface area contributed by atoms with E-state index < -0.39 is 24.3 Å². The van der Waals surface area contributed by atoms with Gasteiger partial charge in [0.15, 0.2) is 0 Å². The van der Waals surface area contributed by atoms with Crippen LogP contribution >= 0.6 is 0 Å². The zero-order valence-corrected chi connectivity index (χ0v) is 20.2. The number of carbonyl (C=O) groups is 3. The minimum Gasteiger partial charge on any atom is -0.475 e. The van der Waals surface area contributed by atoms with Gasteiger partial charge in [-0.15, -0.1) is 0 Å². The molecule has 1 amide bonds. The van der Waals surface area contributed by atoms with Crippen molar-refractivity contribution in [3.63, 3.8) is 0 Å². The minimum atomic E-state index is -5.08. The Bertz CT molecular complexity index is 902. The lowest BCUT2D eigenvalue weighted by Crippen LogP contribution is -2.49. The minimum absolute atomic E-state index is 0.0636. The molecule has 1 aromatic heterocycles. The fraction of sp³-hybridized carbons (Fsp3) is 0.652. The van der Waals surface area contributed by atoms with E-state index in [1.807, 2.05) is 12.1 Å². The first-order valence-electron chi connectivity index (χ1n) is 11.8. The number of nitrogens with one attached hydrogen (secondary N) is 1. The normalized spacial score (nSPS) is 23.5. The molecule has 3 atom stereocenters. The van der Waals surface area contributed by atoms with Crippen LogP contribution in [-0.4, -0.2) is 88.2 Å². The van der Waals surface area contributed by atoms with Crippen molar-refractivity contribution in [1.29, 1.82) is 0 Å². The molecular formula is C23H29F6N3O6. The number of alkyl halides is 6. The second-order valence-corrected chi connectivity index (χ2v) is 9.03. The monoisotopic (exact) mass is 557 g/mol. The number of aliphatic carboxylic acids is 2. The van der Waals surface area contributed by atoms with Crippen LogP contribution in [0.15, 0.2) is 24.5 Å². The smallest absolute Gasteiger partial charge is 0.475 e. The summed E-state index contributed by atoms with van der Waals surface area (Å²) < 4.78 is 69.6. The number of piperidine rings is 1. The van der Waals surface area contributed by atoms with Gasteiger partial charge in [-0.25, -0.2) is 9.59 Å². The number of pyridine rings is 1. The first-order chi connectivity index (χ1) is 17.7. The molecule has 15 heteroatoms. The van der Waals surface area contributed by atoms with Gasteiger partial charge in [-0.1, -0.05) is 6.42 Å². The molecule has 1 aliphatic carbocycles. The number of carboxylic acid groups (broad SMARTS) is 2. The van der Waals surface area contributed by atoms with E-state index in [2.05, 4.69) is 15.2 Å². The first kappa shape index (κ1) is 31.3. The lowest BCUT2D eigenvalue weighted by Gasteiger charge is -2.43. The Morgan fingerprint density at radius 3 is 2.03 bits per heavy atom. The lowest BCUT2D eigenvalue weighted by molar-refractivity contribution is -0.193. The topological polar surface area (TPSA) is 129 Å². The maximum Gasteiger partial charge on any atom is 0.490 e. The molecule has 3 aliphatic rings. The number of ether oxygens (including phenoxy) is 1. The Morgan fingerprint density at radius 1 is 1.00 bits per heavy atom. The van der Waals surface area contributed by atoms with E-state index in [1.54, 1.807) is 12.4 Å². The van der Waals surface area contributed by atoms with E-state index in [0.717, 1.165) is 25.4 Å². The summed E-state index contributed by atoms with van der Waals surface area (Å²) >= 11 is 0. The molecule has 3 fully saturated rings. The van der Waals surface area contributed by atoms with Gasteiger partial charge < -0.3 is 20.3 Å². The second-order valence-electron chi connectivity index (χ2n) is 9.03. The molecule has 0 aromatic carbocycles. The number of aromatic nitrogens is 1. The third-order valence-corrected chi connectivity index (χ3v) is 6.41. The Morgan fingerprint density at radius 2 is 1.55 bits per heavy atom. The Labute approximate surface area is 214 Å². The van der Waals surface area contributed by atoms with Crippen molar-refractivity contribution >= 4 is 17.8 Å². The summed E-state index contributed by atoms with van der Waals surface area (Å²) in [6.07, 6.45) is 0.390. The average molecular weight is 557 g/mol.